The summed E-state index contributed by atoms with van der Waals surface area (Å²) in [4.78, 5) is 0. The molecule has 4 heteroatoms. The second kappa shape index (κ2) is 9.56. The average Bonchev–Trinajstić information content (AvgIpc) is 2.88. The van der Waals surface area contributed by atoms with E-state index in [1.54, 1.807) is 6.07 Å². The number of aliphatic hydroxyl groups excluding tert-OH is 1. The molecule has 5 aromatic carbocycles. The molecule has 0 saturated heterocycles. The van der Waals surface area contributed by atoms with Crippen LogP contribution < -0.4 is 5.32 Å². The molecule has 0 bridgehead atoms. The zero-order valence-electron chi connectivity index (χ0n) is 18.8. The Morgan fingerprint density at radius 2 is 1.32 bits per heavy atom. The molecule has 0 radical (unpaired) electrons. The van der Waals surface area contributed by atoms with Gasteiger partial charge in [-0.05, 0) is 45.7 Å². The summed E-state index contributed by atoms with van der Waals surface area (Å²) in [5.41, 5.74) is 3.09. The van der Waals surface area contributed by atoms with E-state index in [2.05, 4.69) is 5.32 Å². The van der Waals surface area contributed by atoms with Crippen molar-refractivity contribution in [3.05, 3.63) is 108 Å². The topological polar surface area (TPSA) is 72.7 Å². The third-order valence-electron chi connectivity index (χ3n) is 6.38. The Morgan fingerprint density at radius 3 is 2.06 bits per heavy atom. The first-order valence-electron chi connectivity index (χ1n) is 11.5. The smallest absolute Gasteiger partial charge is 0.128 e. The number of benzene rings is 5. The monoisotopic (exact) mass is 449 g/mol. The molecular weight excluding hydrogens is 422 g/mol. The second-order valence-corrected chi connectivity index (χ2v) is 8.61. The molecule has 0 amide bonds. The zero-order chi connectivity index (χ0) is 23.5. The van der Waals surface area contributed by atoms with Crippen LogP contribution in [-0.4, -0.2) is 28.0 Å². The van der Waals surface area contributed by atoms with Gasteiger partial charge in [-0.15, -0.1) is 0 Å². The SMILES string of the molecule is OC[C@@H](Cc1ccccc1)NCc1cc2ccccc2c(-c2c(O)ccc3ccccc23)c1O. The van der Waals surface area contributed by atoms with Crippen LogP contribution >= 0.6 is 0 Å². The van der Waals surface area contributed by atoms with Crippen molar-refractivity contribution in [2.45, 2.75) is 19.0 Å². The standard InChI is InChI=1S/C30H27NO3/c32-19-24(16-20-8-2-1-3-9-20)31-18-23-17-22-11-5-7-13-26(22)29(30(23)34)28-25-12-6-4-10-21(25)14-15-27(28)33/h1-15,17,24,31-34H,16,18-19H2/t24-/m1/s1. The number of hydrogen-bond donors (Lipinski definition) is 4. The Morgan fingerprint density at radius 1 is 0.676 bits per heavy atom. The van der Waals surface area contributed by atoms with Gasteiger partial charge < -0.3 is 20.6 Å². The van der Waals surface area contributed by atoms with Gasteiger partial charge >= 0.3 is 0 Å². The van der Waals surface area contributed by atoms with Gasteiger partial charge in [0.25, 0.3) is 0 Å². The maximum Gasteiger partial charge on any atom is 0.128 e. The minimum Gasteiger partial charge on any atom is -0.507 e. The number of phenols is 2. The Balaban J connectivity index is 1.58. The second-order valence-electron chi connectivity index (χ2n) is 8.61. The van der Waals surface area contributed by atoms with E-state index in [4.69, 9.17) is 0 Å². The highest BCUT2D eigenvalue weighted by atomic mass is 16.3. The normalized spacial score (nSPS) is 12.3. The van der Waals surface area contributed by atoms with E-state index in [9.17, 15) is 15.3 Å². The molecular formula is C30H27NO3. The van der Waals surface area contributed by atoms with Crippen molar-refractivity contribution in [1.82, 2.24) is 5.32 Å². The van der Waals surface area contributed by atoms with Crippen LogP contribution in [0.5, 0.6) is 11.5 Å². The summed E-state index contributed by atoms with van der Waals surface area (Å²) in [6.07, 6.45) is 0.683. The Labute approximate surface area is 198 Å². The fourth-order valence-corrected chi connectivity index (χ4v) is 4.66. The number of fused-ring (bicyclic) bond motifs is 2. The number of hydrogen-bond acceptors (Lipinski definition) is 4. The summed E-state index contributed by atoms with van der Waals surface area (Å²) in [5, 5.41) is 39.4. The van der Waals surface area contributed by atoms with Gasteiger partial charge in [-0.2, -0.15) is 0 Å². The van der Waals surface area contributed by atoms with Crippen LogP contribution in [0.4, 0.5) is 0 Å². The van der Waals surface area contributed by atoms with Crippen molar-refractivity contribution in [3.8, 4) is 22.6 Å². The fraction of sp³-hybridized carbons (Fsp3) is 0.133. The molecule has 1 atom stereocenters. The van der Waals surface area contributed by atoms with Crippen LogP contribution in [0.15, 0.2) is 97.1 Å². The van der Waals surface area contributed by atoms with Gasteiger partial charge in [0.05, 0.1) is 6.61 Å². The van der Waals surface area contributed by atoms with Gasteiger partial charge in [0.2, 0.25) is 0 Å². The van der Waals surface area contributed by atoms with Gasteiger partial charge in [0.1, 0.15) is 11.5 Å². The molecule has 5 rings (SSSR count). The van der Waals surface area contributed by atoms with E-state index in [0.717, 1.165) is 27.1 Å². The van der Waals surface area contributed by atoms with Crippen LogP contribution in [-0.2, 0) is 13.0 Å². The Kier molecular flexibility index (Phi) is 6.17. The molecule has 34 heavy (non-hydrogen) atoms. The van der Waals surface area contributed by atoms with Crippen molar-refractivity contribution in [3.63, 3.8) is 0 Å². The highest BCUT2D eigenvalue weighted by molar-refractivity contribution is 6.10. The number of rotatable bonds is 7. The first kappa shape index (κ1) is 22.0. The summed E-state index contributed by atoms with van der Waals surface area (Å²) >= 11 is 0. The van der Waals surface area contributed by atoms with Crippen molar-refractivity contribution in [2.75, 3.05) is 6.61 Å². The van der Waals surface area contributed by atoms with E-state index >= 15 is 0 Å². The number of aliphatic hydroxyl groups is 1. The minimum absolute atomic E-state index is 0.0137. The predicted octanol–water partition coefficient (Wildman–Crippen LogP) is 5.76. The summed E-state index contributed by atoms with van der Waals surface area (Å²) in [6, 6.07) is 31.2. The molecule has 0 aliphatic carbocycles. The van der Waals surface area contributed by atoms with E-state index in [0.29, 0.717) is 29.7 Å². The molecule has 5 aromatic rings. The first-order chi connectivity index (χ1) is 16.7. The van der Waals surface area contributed by atoms with E-state index in [-0.39, 0.29) is 24.1 Å². The number of aromatic hydroxyl groups is 2. The number of phenolic OH excluding ortho intramolecular Hbond substituents is 2. The van der Waals surface area contributed by atoms with Gasteiger partial charge in [-0.1, -0.05) is 84.9 Å². The van der Waals surface area contributed by atoms with Gasteiger partial charge in [-0.3, -0.25) is 0 Å². The lowest BCUT2D eigenvalue weighted by Gasteiger charge is -2.20. The molecule has 0 aliphatic rings. The lowest BCUT2D eigenvalue weighted by Crippen LogP contribution is -2.34. The van der Waals surface area contributed by atoms with Crippen LogP contribution in [0.3, 0.4) is 0 Å². The molecule has 4 N–H and O–H groups in total. The molecule has 0 saturated carbocycles. The van der Waals surface area contributed by atoms with E-state index in [1.807, 2.05) is 91.0 Å². The van der Waals surface area contributed by atoms with E-state index in [1.165, 1.54) is 0 Å². The fourth-order valence-electron chi connectivity index (χ4n) is 4.66. The van der Waals surface area contributed by atoms with Crippen LogP contribution in [0.1, 0.15) is 11.1 Å². The highest BCUT2D eigenvalue weighted by Gasteiger charge is 2.20. The third kappa shape index (κ3) is 4.21. The van der Waals surface area contributed by atoms with Crippen molar-refractivity contribution < 1.29 is 15.3 Å². The van der Waals surface area contributed by atoms with Crippen LogP contribution in [0.2, 0.25) is 0 Å². The largest absolute Gasteiger partial charge is 0.507 e. The van der Waals surface area contributed by atoms with Gasteiger partial charge in [0.15, 0.2) is 0 Å². The van der Waals surface area contributed by atoms with Crippen molar-refractivity contribution in [2.24, 2.45) is 0 Å². The van der Waals surface area contributed by atoms with Crippen LogP contribution in [0, 0.1) is 0 Å². The van der Waals surface area contributed by atoms with Gasteiger partial charge in [0, 0.05) is 29.3 Å². The Bertz CT molecular complexity index is 1450. The molecule has 4 nitrogen and oxygen atoms in total. The third-order valence-corrected chi connectivity index (χ3v) is 6.38. The quantitative estimate of drug-likeness (QED) is 0.255. The highest BCUT2D eigenvalue weighted by Crippen LogP contribution is 2.46. The van der Waals surface area contributed by atoms with Gasteiger partial charge in [-0.25, -0.2) is 0 Å². The predicted molar refractivity (Wildman–Crippen MR) is 138 cm³/mol. The van der Waals surface area contributed by atoms with E-state index < -0.39 is 0 Å². The molecule has 0 spiro atoms. The molecule has 0 fully saturated rings. The minimum atomic E-state index is -0.150. The Hall–Kier alpha value is -3.86. The summed E-state index contributed by atoms with van der Waals surface area (Å²) in [6.45, 7) is 0.369. The average molecular weight is 450 g/mol. The molecule has 0 aromatic heterocycles. The van der Waals surface area contributed by atoms with Crippen LogP contribution in [0.25, 0.3) is 32.7 Å². The maximum absolute atomic E-state index is 11.5. The maximum atomic E-state index is 11.5. The lowest BCUT2D eigenvalue weighted by atomic mass is 9.90. The summed E-state index contributed by atoms with van der Waals surface area (Å²) < 4.78 is 0. The summed E-state index contributed by atoms with van der Waals surface area (Å²) in [5.74, 6) is 0.260. The molecule has 0 heterocycles. The van der Waals surface area contributed by atoms with Crippen molar-refractivity contribution in [1.29, 1.82) is 0 Å². The zero-order valence-corrected chi connectivity index (χ0v) is 18.8. The first-order valence-corrected chi connectivity index (χ1v) is 11.5. The molecule has 0 aliphatic heterocycles. The number of nitrogens with one attached hydrogen (secondary N) is 1. The molecule has 0 unspecified atom stereocenters. The summed E-state index contributed by atoms with van der Waals surface area (Å²) in [7, 11) is 0. The van der Waals surface area contributed by atoms with Crippen molar-refractivity contribution >= 4 is 21.5 Å². The lowest BCUT2D eigenvalue weighted by molar-refractivity contribution is 0.240. The molecule has 170 valence electrons.